The number of rotatable bonds is 4. The van der Waals surface area contributed by atoms with Gasteiger partial charge >= 0.3 is 0 Å². The second-order valence-electron chi connectivity index (χ2n) is 4.09. The van der Waals surface area contributed by atoms with Gasteiger partial charge in [-0.25, -0.2) is 0 Å². The van der Waals surface area contributed by atoms with Gasteiger partial charge < -0.3 is 10.5 Å². The molecule has 0 atom stereocenters. The summed E-state index contributed by atoms with van der Waals surface area (Å²) in [5.41, 5.74) is 8.82. The molecule has 0 saturated heterocycles. The summed E-state index contributed by atoms with van der Waals surface area (Å²) in [5, 5.41) is 0. The maximum absolute atomic E-state index is 5.78. The zero-order valence-corrected chi connectivity index (χ0v) is 10.5. The first-order valence-corrected chi connectivity index (χ1v) is 5.93. The van der Waals surface area contributed by atoms with E-state index in [1.807, 2.05) is 42.5 Å². The lowest BCUT2D eigenvalue weighted by Gasteiger charge is -2.05. The number of ether oxygens (including phenoxy) is 1. The van der Waals surface area contributed by atoms with E-state index in [1.54, 1.807) is 7.11 Å². The van der Waals surface area contributed by atoms with E-state index >= 15 is 0 Å². The Labute approximate surface area is 108 Å². The van der Waals surface area contributed by atoms with Crippen LogP contribution in [-0.2, 0) is 6.42 Å². The third-order valence-corrected chi connectivity index (χ3v) is 2.75. The van der Waals surface area contributed by atoms with E-state index in [-0.39, 0.29) is 0 Å². The van der Waals surface area contributed by atoms with Gasteiger partial charge in [-0.3, -0.25) is 0 Å². The summed E-state index contributed by atoms with van der Waals surface area (Å²) >= 11 is 0. The SMILES string of the molecule is COc1ccc(N)cc1/C=C/Cc1ccccc1. The Balaban J connectivity index is 2.11. The van der Waals surface area contributed by atoms with Gasteiger partial charge in [0.15, 0.2) is 0 Å². The molecule has 2 heteroatoms. The first kappa shape index (κ1) is 12.2. The standard InChI is InChI=1S/C16H17NO/c1-18-16-11-10-15(17)12-14(16)9-5-8-13-6-3-2-4-7-13/h2-7,9-12H,8,17H2,1H3/b9-5+. The minimum absolute atomic E-state index is 0.746. The fourth-order valence-electron chi connectivity index (χ4n) is 1.82. The van der Waals surface area contributed by atoms with Gasteiger partial charge in [0.05, 0.1) is 7.11 Å². The van der Waals surface area contributed by atoms with Crippen molar-refractivity contribution in [1.82, 2.24) is 0 Å². The lowest BCUT2D eigenvalue weighted by Crippen LogP contribution is -1.90. The molecule has 0 heterocycles. The van der Waals surface area contributed by atoms with Crippen molar-refractivity contribution in [3.63, 3.8) is 0 Å². The van der Waals surface area contributed by atoms with Gasteiger partial charge in [0.25, 0.3) is 0 Å². The van der Waals surface area contributed by atoms with Gasteiger partial charge in [-0.15, -0.1) is 0 Å². The summed E-state index contributed by atoms with van der Waals surface area (Å²) < 4.78 is 5.30. The summed E-state index contributed by atoms with van der Waals surface area (Å²) in [6, 6.07) is 16.0. The minimum atomic E-state index is 0.746. The summed E-state index contributed by atoms with van der Waals surface area (Å²) in [6.45, 7) is 0. The predicted molar refractivity (Wildman–Crippen MR) is 76.6 cm³/mol. The van der Waals surface area contributed by atoms with Gasteiger partial charge in [0.1, 0.15) is 5.75 Å². The second-order valence-corrected chi connectivity index (χ2v) is 4.09. The molecule has 0 unspecified atom stereocenters. The molecule has 0 amide bonds. The highest BCUT2D eigenvalue weighted by molar-refractivity contribution is 5.62. The van der Waals surface area contributed by atoms with Crippen LogP contribution in [-0.4, -0.2) is 7.11 Å². The minimum Gasteiger partial charge on any atom is -0.496 e. The van der Waals surface area contributed by atoms with Gasteiger partial charge in [0.2, 0.25) is 0 Å². The molecule has 2 nitrogen and oxygen atoms in total. The van der Waals surface area contributed by atoms with E-state index in [1.165, 1.54) is 5.56 Å². The van der Waals surface area contributed by atoms with Crippen LogP contribution in [0.1, 0.15) is 11.1 Å². The Morgan fingerprint density at radius 1 is 1.11 bits per heavy atom. The molecule has 0 aromatic heterocycles. The number of methoxy groups -OCH3 is 1. The van der Waals surface area contributed by atoms with Crippen molar-refractivity contribution in [3.8, 4) is 5.75 Å². The molecule has 0 saturated carbocycles. The van der Waals surface area contributed by atoms with Crippen molar-refractivity contribution in [3.05, 3.63) is 65.7 Å². The number of allylic oxidation sites excluding steroid dienone is 1. The first-order chi connectivity index (χ1) is 8.79. The summed E-state index contributed by atoms with van der Waals surface area (Å²) in [7, 11) is 1.67. The van der Waals surface area contributed by atoms with Crippen LogP contribution in [0.25, 0.3) is 6.08 Å². The van der Waals surface area contributed by atoms with Crippen molar-refractivity contribution in [2.24, 2.45) is 0 Å². The monoisotopic (exact) mass is 239 g/mol. The Morgan fingerprint density at radius 2 is 1.89 bits per heavy atom. The Bertz CT molecular complexity index is 532. The Hall–Kier alpha value is -2.22. The van der Waals surface area contributed by atoms with Gasteiger partial charge in [-0.1, -0.05) is 42.5 Å². The smallest absolute Gasteiger partial charge is 0.126 e. The van der Waals surface area contributed by atoms with Crippen LogP contribution < -0.4 is 10.5 Å². The number of nitrogen functional groups attached to an aromatic ring is 1. The number of benzene rings is 2. The summed E-state index contributed by atoms with van der Waals surface area (Å²) in [5.74, 6) is 0.841. The molecule has 18 heavy (non-hydrogen) atoms. The molecular formula is C16H17NO. The van der Waals surface area contributed by atoms with E-state index in [9.17, 15) is 0 Å². The average molecular weight is 239 g/mol. The molecule has 2 aromatic rings. The largest absolute Gasteiger partial charge is 0.496 e. The van der Waals surface area contributed by atoms with Crippen LogP contribution >= 0.6 is 0 Å². The normalized spacial score (nSPS) is 10.7. The van der Waals surface area contributed by atoms with Crippen LogP contribution in [0.15, 0.2) is 54.6 Å². The number of nitrogens with two attached hydrogens (primary N) is 1. The topological polar surface area (TPSA) is 35.2 Å². The predicted octanol–water partition coefficient (Wildman–Crippen LogP) is 3.53. The molecule has 0 aliphatic rings. The van der Waals surface area contributed by atoms with Crippen LogP contribution in [0.3, 0.4) is 0 Å². The van der Waals surface area contributed by atoms with Crippen molar-refractivity contribution in [2.45, 2.75) is 6.42 Å². The number of hydrogen-bond donors (Lipinski definition) is 1. The van der Waals surface area contributed by atoms with Crippen molar-refractivity contribution in [2.75, 3.05) is 12.8 Å². The van der Waals surface area contributed by atoms with E-state index in [0.717, 1.165) is 23.4 Å². The van der Waals surface area contributed by atoms with Crippen LogP contribution in [0.5, 0.6) is 5.75 Å². The summed E-state index contributed by atoms with van der Waals surface area (Å²) in [6.07, 6.45) is 5.06. The highest BCUT2D eigenvalue weighted by atomic mass is 16.5. The maximum atomic E-state index is 5.78. The zero-order valence-electron chi connectivity index (χ0n) is 10.5. The Kier molecular flexibility index (Phi) is 4.02. The van der Waals surface area contributed by atoms with Crippen LogP contribution in [0.2, 0.25) is 0 Å². The molecule has 0 fully saturated rings. The molecule has 0 spiro atoms. The second kappa shape index (κ2) is 5.92. The molecule has 0 aliphatic carbocycles. The van der Waals surface area contributed by atoms with Crippen molar-refractivity contribution >= 4 is 11.8 Å². The van der Waals surface area contributed by atoms with Crippen LogP contribution in [0, 0.1) is 0 Å². The summed E-state index contributed by atoms with van der Waals surface area (Å²) in [4.78, 5) is 0. The molecule has 2 N–H and O–H groups in total. The number of hydrogen-bond acceptors (Lipinski definition) is 2. The quantitative estimate of drug-likeness (QED) is 0.828. The Morgan fingerprint density at radius 3 is 2.61 bits per heavy atom. The molecule has 0 aliphatic heterocycles. The van der Waals surface area contributed by atoms with E-state index in [0.29, 0.717) is 0 Å². The first-order valence-electron chi connectivity index (χ1n) is 5.93. The zero-order chi connectivity index (χ0) is 12.8. The molecule has 2 aromatic carbocycles. The molecule has 0 radical (unpaired) electrons. The molecule has 92 valence electrons. The molecule has 0 bridgehead atoms. The van der Waals surface area contributed by atoms with Crippen molar-refractivity contribution < 1.29 is 4.74 Å². The van der Waals surface area contributed by atoms with Gasteiger partial charge in [0, 0.05) is 11.3 Å². The van der Waals surface area contributed by atoms with E-state index < -0.39 is 0 Å². The van der Waals surface area contributed by atoms with Gasteiger partial charge in [-0.2, -0.15) is 0 Å². The van der Waals surface area contributed by atoms with Gasteiger partial charge in [-0.05, 0) is 30.2 Å². The highest BCUT2D eigenvalue weighted by Crippen LogP contribution is 2.22. The fraction of sp³-hybridized carbons (Fsp3) is 0.125. The van der Waals surface area contributed by atoms with Crippen LogP contribution in [0.4, 0.5) is 5.69 Å². The lowest BCUT2D eigenvalue weighted by atomic mass is 10.1. The third kappa shape index (κ3) is 3.14. The third-order valence-electron chi connectivity index (χ3n) is 2.75. The number of anilines is 1. The highest BCUT2D eigenvalue weighted by Gasteiger charge is 1.99. The lowest BCUT2D eigenvalue weighted by molar-refractivity contribution is 0.414. The van der Waals surface area contributed by atoms with Crippen molar-refractivity contribution in [1.29, 1.82) is 0 Å². The molecule has 2 rings (SSSR count). The van der Waals surface area contributed by atoms with E-state index in [4.69, 9.17) is 10.5 Å². The maximum Gasteiger partial charge on any atom is 0.126 e. The average Bonchev–Trinajstić information content (AvgIpc) is 2.40. The fourth-order valence-corrected chi connectivity index (χ4v) is 1.82. The molecular weight excluding hydrogens is 222 g/mol. The van der Waals surface area contributed by atoms with E-state index in [2.05, 4.69) is 18.2 Å².